The van der Waals surface area contributed by atoms with Crippen LogP contribution in [0.2, 0.25) is 0 Å². The lowest BCUT2D eigenvalue weighted by Gasteiger charge is -2.53. The largest absolute Gasteiger partial charge is 0.477 e. The molecule has 4 atom stereocenters. The van der Waals surface area contributed by atoms with Crippen LogP contribution in [0.5, 0.6) is 5.88 Å². The number of nitrogens with zero attached hydrogens (tertiary/aromatic N) is 5. The monoisotopic (exact) mass is 620 g/mol. The third-order valence-corrected chi connectivity index (χ3v) is 8.48. The summed E-state index contributed by atoms with van der Waals surface area (Å²) < 4.78 is 49.9. The van der Waals surface area contributed by atoms with E-state index in [0.717, 1.165) is 17.9 Å². The number of halogens is 3. The first-order valence-corrected chi connectivity index (χ1v) is 15.1. The van der Waals surface area contributed by atoms with E-state index in [1.807, 2.05) is 14.0 Å². The first kappa shape index (κ1) is 33.3. The summed E-state index contributed by atoms with van der Waals surface area (Å²) in [7, 11) is 1.97. The third kappa shape index (κ3) is 7.03. The number of nitrogens with one attached hydrogen (secondary N) is 1. The van der Waals surface area contributed by atoms with Gasteiger partial charge in [-0.2, -0.15) is 13.2 Å². The number of carbonyl (C=O) groups is 2. The van der Waals surface area contributed by atoms with Crippen molar-refractivity contribution in [2.75, 3.05) is 44.7 Å². The molecule has 2 saturated heterocycles. The molecule has 2 aliphatic rings. The van der Waals surface area contributed by atoms with Crippen molar-refractivity contribution in [1.82, 2.24) is 25.1 Å². The highest BCUT2D eigenvalue weighted by molar-refractivity contribution is 5.99. The van der Waals surface area contributed by atoms with E-state index in [-0.39, 0.29) is 31.2 Å². The average Bonchev–Trinajstić information content (AvgIpc) is 3.35. The van der Waals surface area contributed by atoms with Crippen LogP contribution in [0.1, 0.15) is 57.9 Å². The molecule has 2 N–H and O–H groups in total. The minimum absolute atomic E-state index is 0.0589. The molecule has 0 saturated carbocycles. The molecule has 4 heterocycles. The number of pyridine rings is 2. The molecule has 10 nitrogen and oxygen atoms in total. The Morgan fingerprint density at radius 3 is 2.43 bits per heavy atom. The van der Waals surface area contributed by atoms with Gasteiger partial charge in [0.05, 0.1) is 41.6 Å². The van der Waals surface area contributed by atoms with E-state index in [1.54, 1.807) is 42.3 Å². The standard InChI is InChI=1S/C31H43F3N6O4/c1-7-22-25(26(30(3,4)5)31(32,33)34)40(29(42)43)17-16-39(22)23-12-11-21(20-10-9-14-35-28(20)44-8-2)37-24(23)27(41)36-19-13-15-38(6)18-19/h9-12,14,19,22,25-26H,7-8,13,15-18H2,1-6H3,(H,36,41)(H,42,43)/t19-,22-,25-,26?/m1/s1. The van der Waals surface area contributed by atoms with Crippen LogP contribution < -0.4 is 15.0 Å². The van der Waals surface area contributed by atoms with Gasteiger partial charge in [-0.25, -0.2) is 14.8 Å². The number of likely N-dealkylation sites (tertiary alicyclic amines) is 1. The number of alkyl halides is 3. The molecule has 4 rings (SSSR count). The van der Waals surface area contributed by atoms with Crippen molar-refractivity contribution in [3.8, 4) is 17.1 Å². The van der Waals surface area contributed by atoms with Gasteiger partial charge in [-0.1, -0.05) is 27.7 Å². The fraction of sp³-hybridized carbons (Fsp3) is 0.613. The summed E-state index contributed by atoms with van der Waals surface area (Å²) in [6.45, 7) is 9.80. The van der Waals surface area contributed by atoms with Gasteiger partial charge >= 0.3 is 12.3 Å². The van der Waals surface area contributed by atoms with E-state index in [4.69, 9.17) is 9.72 Å². The Labute approximate surface area is 256 Å². The normalized spacial score (nSPS) is 22.2. The predicted octanol–water partition coefficient (Wildman–Crippen LogP) is 5.15. The van der Waals surface area contributed by atoms with E-state index in [0.29, 0.717) is 36.0 Å². The van der Waals surface area contributed by atoms with Gasteiger partial charge in [0.2, 0.25) is 5.88 Å². The smallest absolute Gasteiger partial charge is 0.407 e. The van der Waals surface area contributed by atoms with E-state index in [1.165, 1.54) is 20.8 Å². The zero-order valence-electron chi connectivity index (χ0n) is 26.2. The summed E-state index contributed by atoms with van der Waals surface area (Å²) in [4.78, 5) is 40.1. The summed E-state index contributed by atoms with van der Waals surface area (Å²) in [5.74, 6) is -2.06. The molecule has 13 heteroatoms. The first-order chi connectivity index (χ1) is 20.7. The Hall–Kier alpha value is -3.61. The summed E-state index contributed by atoms with van der Waals surface area (Å²) >= 11 is 0. The van der Waals surface area contributed by atoms with Crippen LogP contribution in [0, 0.1) is 11.3 Å². The van der Waals surface area contributed by atoms with Crippen LogP contribution in [0.15, 0.2) is 30.5 Å². The quantitative estimate of drug-likeness (QED) is 0.417. The van der Waals surface area contributed by atoms with Crippen molar-refractivity contribution in [1.29, 1.82) is 0 Å². The van der Waals surface area contributed by atoms with E-state index >= 15 is 0 Å². The number of hydrogen-bond donors (Lipinski definition) is 2. The molecule has 2 aliphatic heterocycles. The van der Waals surface area contributed by atoms with E-state index in [2.05, 4.69) is 15.2 Å². The van der Waals surface area contributed by atoms with Gasteiger partial charge in [0.1, 0.15) is 0 Å². The number of carboxylic acid groups (broad SMARTS) is 1. The zero-order chi connectivity index (χ0) is 32.4. The van der Waals surface area contributed by atoms with Crippen molar-refractivity contribution < 1.29 is 32.6 Å². The maximum absolute atomic E-state index is 14.7. The van der Waals surface area contributed by atoms with Crippen LogP contribution in [0.4, 0.5) is 23.7 Å². The molecular weight excluding hydrogens is 577 g/mol. The molecule has 0 spiro atoms. The topological polar surface area (TPSA) is 111 Å². The van der Waals surface area contributed by atoms with Crippen LogP contribution in [-0.2, 0) is 0 Å². The minimum atomic E-state index is -4.67. The molecule has 1 unspecified atom stereocenters. The molecular formula is C31H43F3N6O4. The van der Waals surface area contributed by atoms with Crippen LogP contribution >= 0.6 is 0 Å². The summed E-state index contributed by atoms with van der Waals surface area (Å²) in [6, 6.07) is 4.50. The highest BCUT2D eigenvalue weighted by Gasteiger charge is 2.57. The van der Waals surface area contributed by atoms with Crippen molar-refractivity contribution in [3.05, 3.63) is 36.2 Å². The average molecular weight is 621 g/mol. The molecule has 0 radical (unpaired) electrons. The Bertz CT molecular complexity index is 1320. The van der Waals surface area contributed by atoms with E-state index in [9.17, 15) is 27.9 Å². The molecule has 0 bridgehead atoms. The third-order valence-electron chi connectivity index (χ3n) is 8.48. The maximum atomic E-state index is 14.7. The summed E-state index contributed by atoms with van der Waals surface area (Å²) in [5.41, 5.74) is 0.122. The van der Waals surface area contributed by atoms with Crippen molar-refractivity contribution in [2.45, 2.75) is 71.8 Å². The lowest BCUT2D eigenvalue weighted by molar-refractivity contribution is -0.220. The van der Waals surface area contributed by atoms with Gasteiger partial charge in [0.25, 0.3) is 5.91 Å². The second kappa shape index (κ2) is 13.2. The molecule has 2 aromatic heterocycles. The number of anilines is 1. The molecule has 242 valence electrons. The lowest BCUT2D eigenvalue weighted by Crippen LogP contribution is -2.67. The molecule has 2 amide bonds. The number of ether oxygens (including phenoxy) is 1. The highest BCUT2D eigenvalue weighted by atomic mass is 19.4. The highest BCUT2D eigenvalue weighted by Crippen LogP contribution is 2.47. The molecule has 2 aromatic rings. The Morgan fingerprint density at radius 2 is 1.86 bits per heavy atom. The Kier molecular flexibility index (Phi) is 9.96. The number of piperazine rings is 1. The second-order valence-electron chi connectivity index (χ2n) is 12.6. The minimum Gasteiger partial charge on any atom is -0.477 e. The van der Waals surface area contributed by atoms with Crippen molar-refractivity contribution in [2.24, 2.45) is 11.3 Å². The van der Waals surface area contributed by atoms with Crippen molar-refractivity contribution >= 4 is 17.7 Å². The molecule has 0 aromatic carbocycles. The molecule has 44 heavy (non-hydrogen) atoms. The van der Waals surface area contributed by atoms with Crippen molar-refractivity contribution in [3.63, 3.8) is 0 Å². The fourth-order valence-corrected chi connectivity index (χ4v) is 6.65. The van der Waals surface area contributed by atoms with Gasteiger partial charge < -0.3 is 29.9 Å². The Morgan fingerprint density at radius 1 is 1.14 bits per heavy atom. The SMILES string of the molecule is CCOc1ncccc1-c1ccc(N2CCN(C(=O)O)[C@@H](C(C(C)(C)C)C(F)(F)F)[C@H]2CC)c(C(=O)N[C@@H]2CCN(C)C2)n1. The van der Waals surface area contributed by atoms with Crippen LogP contribution in [0.25, 0.3) is 11.3 Å². The number of amides is 2. The van der Waals surface area contributed by atoms with Gasteiger partial charge in [0.15, 0.2) is 5.69 Å². The number of carbonyl (C=O) groups excluding carboxylic acids is 1. The predicted molar refractivity (Wildman–Crippen MR) is 161 cm³/mol. The number of hydrogen-bond acceptors (Lipinski definition) is 7. The Balaban J connectivity index is 1.85. The van der Waals surface area contributed by atoms with Gasteiger partial charge in [-0.3, -0.25) is 4.79 Å². The lowest BCUT2D eigenvalue weighted by atomic mass is 9.71. The maximum Gasteiger partial charge on any atom is 0.407 e. The number of rotatable bonds is 8. The molecule has 0 aliphatic carbocycles. The number of likely N-dealkylation sites (N-methyl/N-ethyl adjacent to an activating group) is 1. The van der Waals surface area contributed by atoms with Crippen LogP contribution in [-0.4, -0.2) is 101 Å². The van der Waals surface area contributed by atoms with Crippen LogP contribution in [0.3, 0.4) is 0 Å². The first-order valence-electron chi connectivity index (χ1n) is 15.1. The summed E-state index contributed by atoms with van der Waals surface area (Å²) in [6.07, 6.45) is -3.51. The zero-order valence-corrected chi connectivity index (χ0v) is 26.2. The second-order valence-corrected chi connectivity index (χ2v) is 12.6. The van der Waals surface area contributed by atoms with Gasteiger partial charge in [-0.05, 0) is 63.0 Å². The molecule has 2 fully saturated rings. The van der Waals surface area contributed by atoms with Gasteiger partial charge in [0, 0.05) is 31.9 Å². The summed E-state index contributed by atoms with van der Waals surface area (Å²) in [5, 5.41) is 13.1. The van der Waals surface area contributed by atoms with Gasteiger partial charge in [-0.15, -0.1) is 0 Å². The number of aromatic nitrogens is 2. The van der Waals surface area contributed by atoms with E-state index < -0.39 is 41.6 Å². The fourth-order valence-electron chi connectivity index (χ4n) is 6.65.